The van der Waals surface area contributed by atoms with Crippen LogP contribution < -0.4 is 0 Å². The Bertz CT molecular complexity index is 257. The average Bonchev–Trinajstić information content (AvgIpc) is 2.15. The fourth-order valence-electron chi connectivity index (χ4n) is 1.98. The summed E-state index contributed by atoms with van der Waals surface area (Å²) in [7, 11) is -1.24. The van der Waals surface area contributed by atoms with Crippen molar-refractivity contribution in [3.05, 3.63) is 0 Å². The number of hydrogen-bond acceptors (Lipinski definition) is 4. The fourth-order valence-corrected chi connectivity index (χ4v) is 1.98. The molecule has 0 spiro atoms. The van der Waals surface area contributed by atoms with Gasteiger partial charge in [-0.15, -0.1) is 0 Å². The van der Waals surface area contributed by atoms with Gasteiger partial charge in [-0.2, -0.15) is 0 Å². The molecule has 0 saturated carbocycles. The number of hydrogen-bond donors (Lipinski definition) is 2. The first kappa shape index (κ1) is 14.3. The molecule has 1 heterocycles. The summed E-state index contributed by atoms with van der Waals surface area (Å²) in [6.45, 7) is 6.80. The zero-order valence-corrected chi connectivity index (χ0v) is 10.8. The van der Waals surface area contributed by atoms with Gasteiger partial charge in [0.15, 0.2) is 0 Å². The molecule has 1 saturated heterocycles. The van der Waals surface area contributed by atoms with Crippen molar-refractivity contribution in [1.82, 2.24) is 4.90 Å². The Morgan fingerprint density at radius 1 is 1.35 bits per heavy atom. The molecule has 0 radical (unpaired) electrons. The topological polar surface area (TPSA) is 70.0 Å². The minimum absolute atomic E-state index is 0.277. The molecular weight excluding hydrogens is 221 g/mol. The minimum Gasteiger partial charge on any atom is -0.444 e. The molecule has 1 rings (SSSR count). The third-order valence-electron chi connectivity index (χ3n) is 2.81. The molecule has 1 aliphatic heterocycles. The molecule has 0 aliphatic carbocycles. The number of carbonyl (C=O) groups is 1. The third kappa shape index (κ3) is 5.41. The summed E-state index contributed by atoms with van der Waals surface area (Å²) in [6, 6.07) is 0. The zero-order chi connectivity index (χ0) is 13.1. The van der Waals surface area contributed by atoms with E-state index in [-0.39, 0.29) is 12.0 Å². The number of rotatable bonds is 2. The lowest BCUT2D eigenvalue weighted by molar-refractivity contribution is 0.0188. The van der Waals surface area contributed by atoms with Crippen LogP contribution in [0.4, 0.5) is 4.79 Å². The van der Waals surface area contributed by atoms with Gasteiger partial charge in [-0.05, 0) is 45.9 Å². The largest absolute Gasteiger partial charge is 0.451 e. The van der Waals surface area contributed by atoms with Gasteiger partial charge in [0.1, 0.15) is 5.60 Å². The van der Waals surface area contributed by atoms with Crippen LogP contribution >= 0.6 is 0 Å². The standard InChI is InChI=1S/C11H22BNO4/c1-11(2,3)17-10(14)13-6-4-9(5-7-13)8-12(15)16/h9,15-16H,4-8H2,1-3H3. The van der Waals surface area contributed by atoms with Gasteiger partial charge in [-0.25, -0.2) is 4.79 Å². The van der Waals surface area contributed by atoms with Gasteiger partial charge in [0.05, 0.1) is 0 Å². The third-order valence-corrected chi connectivity index (χ3v) is 2.81. The van der Waals surface area contributed by atoms with Gasteiger partial charge in [0.2, 0.25) is 0 Å². The predicted molar refractivity (Wildman–Crippen MR) is 65.5 cm³/mol. The number of piperidine rings is 1. The van der Waals surface area contributed by atoms with Crippen LogP contribution in [0.15, 0.2) is 0 Å². The first-order chi connectivity index (χ1) is 7.78. The molecule has 6 heteroatoms. The van der Waals surface area contributed by atoms with E-state index in [0.717, 1.165) is 12.8 Å². The average molecular weight is 243 g/mol. The van der Waals surface area contributed by atoms with Crippen LogP contribution in [0.2, 0.25) is 6.32 Å². The number of ether oxygens (including phenoxy) is 1. The molecule has 1 aliphatic rings. The molecule has 0 aromatic rings. The number of carbonyl (C=O) groups excluding carboxylic acids is 1. The molecule has 5 nitrogen and oxygen atoms in total. The number of likely N-dealkylation sites (tertiary alicyclic amines) is 1. The first-order valence-corrected chi connectivity index (χ1v) is 6.12. The molecule has 0 unspecified atom stereocenters. The Balaban J connectivity index is 2.34. The molecule has 98 valence electrons. The van der Waals surface area contributed by atoms with E-state index in [2.05, 4.69) is 0 Å². The summed E-state index contributed by atoms with van der Waals surface area (Å²) in [5.74, 6) is 0.286. The highest BCUT2D eigenvalue weighted by atomic mass is 16.6. The lowest BCUT2D eigenvalue weighted by Gasteiger charge is -2.33. The van der Waals surface area contributed by atoms with Crippen LogP contribution in [0.25, 0.3) is 0 Å². The van der Waals surface area contributed by atoms with Crippen LogP contribution in [0, 0.1) is 5.92 Å². The van der Waals surface area contributed by atoms with Crippen molar-refractivity contribution >= 4 is 13.2 Å². The monoisotopic (exact) mass is 243 g/mol. The molecule has 1 fully saturated rings. The van der Waals surface area contributed by atoms with E-state index in [0.29, 0.717) is 19.4 Å². The maximum Gasteiger partial charge on any atom is 0.451 e. The summed E-state index contributed by atoms with van der Waals surface area (Å²) in [5.41, 5.74) is -0.463. The van der Waals surface area contributed by atoms with Crippen molar-refractivity contribution in [1.29, 1.82) is 0 Å². The van der Waals surface area contributed by atoms with E-state index in [4.69, 9.17) is 14.8 Å². The molecule has 0 aromatic carbocycles. The minimum atomic E-state index is -1.24. The Labute approximate surface area is 103 Å². The zero-order valence-electron chi connectivity index (χ0n) is 10.8. The lowest BCUT2D eigenvalue weighted by atomic mass is 9.75. The van der Waals surface area contributed by atoms with Gasteiger partial charge in [-0.1, -0.05) is 0 Å². The summed E-state index contributed by atoms with van der Waals surface area (Å²) < 4.78 is 5.28. The summed E-state index contributed by atoms with van der Waals surface area (Å²) in [5, 5.41) is 17.8. The van der Waals surface area contributed by atoms with Crippen molar-refractivity contribution in [3.63, 3.8) is 0 Å². The van der Waals surface area contributed by atoms with E-state index in [1.165, 1.54) is 0 Å². The van der Waals surface area contributed by atoms with Gasteiger partial charge in [0, 0.05) is 13.1 Å². The van der Waals surface area contributed by atoms with E-state index >= 15 is 0 Å². The van der Waals surface area contributed by atoms with Crippen molar-refractivity contribution in [2.45, 2.75) is 45.5 Å². The molecule has 1 amide bonds. The van der Waals surface area contributed by atoms with Crippen LogP contribution in [0.1, 0.15) is 33.6 Å². The second-order valence-corrected chi connectivity index (χ2v) is 5.63. The number of amides is 1. The summed E-state index contributed by atoms with van der Waals surface area (Å²) in [6.07, 6.45) is 1.72. The van der Waals surface area contributed by atoms with Crippen LogP contribution in [-0.4, -0.2) is 46.9 Å². The van der Waals surface area contributed by atoms with Crippen molar-refractivity contribution in [3.8, 4) is 0 Å². The van der Waals surface area contributed by atoms with E-state index in [9.17, 15) is 4.79 Å². The highest BCUT2D eigenvalue weighted by molar-refractivity contribution is 6.41. The summed E-state index contributed by atoms with van der Waals surface area (Å²) in [4.78, 5) is 13.4. The Hall–Kier alpha value is -0.745. The van der Waals surface area contributed by atoms with Crippen LogP contribution in [0.3, 0.4) is 0 Å². The first-order valence-electron chi connectivity index (χ1n) is 6.12. The van der Waals surface area contributed by atoms with Crippen LogP contribution in [-0.2, 0) is 4.74 Å². The molecule has 0 bridgehead atoms. The molecule has 17 heavy (non-hydrogen) atoms. The van der Waals surface area contributed by atoms with E-state index in [1.54, 1.807) is 4.90 Å². The maximum atomic E-state index is 11.7. The van der Waals surface area contributed by atoms with E-state index < -0.39 is 12.7 Å². The Morgan fingerprint density at radius 2 is 1.88 bits per heavy atom. The molecular formula is C11H22BNO4. The second-order valence-electron chi connectivity index (χ2n) is 5.63. The number of nitrogens with zero attached hydrogens (tertiary/aromatic N) is 1. The van der Waals surface area contributed by atoms with Gasteiger partial charge in [-0.3, -0.25) is 0 Å². The highest BCUT2D eigenvalue weighted by Gasteiger charge is 2.28. The lowest BCUT2D eigenvalue weighted by Crippen LogP contribution is -2.42. The van der Waals surface area contributed by atoms with E-state index in [1.807, 2.05) is 20.8 Å². The summed E-state index contributed by atoms with van der Waals surface area (Å²) >= 11 is 0. The quantitative estimate of drug-likeness (QED) is 0.712. The van der Waals surface area contributed by atoms with Crippen LogP contribution in [0.5, 0.6) is 0 Å². The Kier molecular flexibility index (Phi) is 4.83. The smallest absolute Gasteiger partial charge is 0.444 e. The molecule has 2 N–H and O–H groups in total. The van der Waals surface area contributed by atoms with Gasteiger partial charge in [0.25, 0.3) is 0 Å². The van der Waals surface area contributed by atoms with Crippen molar-refractivity contribution < 1.29 is 19.6 Å². The predicted octanol–water partition coefficient (Wildman–Crippen LogP) is 1.11. The SMILES string of the molecule is CC(C)(C)OC(=O)N1CCC(CB(O)O)CC1. The normalized spacial score (nSPS) is 18.1. The fraction of sp³-hybridized carbons (Fsp3) is 0.909. The van der Waals surface area contributed by atoms with Gasteiger partial charge < -0.3 is 19.7 Å². The van der Waals surface area contributed by atoms with Crippen molar-refractivity contribution in [2.24, 2.45) is 5.92 Å². The van der Waals surface area contributed by atoms with Crippen molar-refractivity contribution in [2.75, 3.05) is 13.1 Å². The second kappa shape index (κ2) is 5.73. The Morgan fingerprint density at radius 3 is 2.29 bits per heavy atom. The maximum absolute atomic E-state index is 11.7. The highest BCUT2D eigenvalue weighted by Crippen LogP contribution is 2.22. The molecule has 0 atom stereocenters. The molecule has 0 aromatic heterocycles. The van der Waals surface area contributed by atoms with Gasteiger partial charge >= 0.3 is 13.2 Å².